The minimum absolute atomic E-state index is 0. The van der Waals surface area contributed by atoms with Gasteiger partial charge >= 0.3 is 0 Å². The van der Waals surface area contributed by atoms with Crippen LogP contribution in [0.2, 0.25) is 0 Å². The molecule has 8 nitrogen and oxygen atoms in total. The first-order valence-corrected chi connectivity index (χ1v) is 8.76. The van der Waals surface area contributed by atoms with Crippen LogP contribution < -0.4 is 5.32 Å². The zero-order valence-electron chi connectivity index (χ0n) is 15.2. The maximum absolute atomic E-state index is 12.3. The summed E-state index contributed by atoms with van der Waals surface area (Å²) in [4.78, 5) is 20.7. The number of nitrogens with one attached hydrogen (secondary N) is 1. The van der Waals surface area contributed by atoms with Gasteiger partial charge in [-0.15, -0.1) is 24.0 Å². The van der Waals surface area contributed by atoms with Crippen molar-refractivity contribution in [1.82, 2.24) is 15.1 Å². The molecule has 1 fully saturated rings. The number of carbonyl (C=O) groups excluding carboxylic acids is 1. The molecule has 0 aromatic carbocycles. The first-order chi connectivity index (χ1) is 12.7. The monoisotopic (exact) mass is 488 g/mol. The Morgan fingerprint density at radius 3 is 2.44 bits per heavy atom. The zero-order valence-corrected chi connectivity index (χ0v) is 17.5. The van der Waals surface area contributed by atoms with Crippen molar-refractivity contribution in [2.45, 2.75) is 13.0 Å². The molecule has 1 amide bonds. The Labute approximate surface area is 175 Å². The Balaban J connectivity index is 0.00000261. The summed E-state index contributed by atoms with van der Waals surface area (Å²) in [5, 5.41) is 13.4. The van der Waals surface area contributed by atoms with E-state index in [2.05, 4.69) is 15.2 Å². The highest BCUT2D eigenvalue weighted by Gasteiger charge is 2.25. The van der Waals surface area contributed by atoms with E-state index in [4.69, 9.17) is 8.83 Å². The maximum atomic E-state index is 12.3. The minimum Gasteiger partial charge on any atom is -0.467 e. The molecule has 0 bridgehead atoms. The number of hydrogen-bond donors (Lipinski definition) is 2. The third-order valence-electron chi connectivity index (χ3n) is 4.22. The summed E-state index contributed by atoms with van der Waals surface area (Å²) in [5.74, 6) is 1.49. The van der Waals surface area contributed by atoms with Crippen molar-refractivity contribution < 1.29 is 18.7 Å². The SMILES string of the molecule is CCNC(=NCC(O)c1ccco1)N1CCN(C(=O)c2ccco2)CC1.I. The summed E-state index contributed by atoms with van der Waals surface area (Å²) in [6.07, 6.45) is 2.26. The lowest BCUT2D eigenvalue weighted by Gasteiger charge is -2.36. The third kappa shape index (κ3) is 5.48. The number of hydrogen-bond acceptors (Lipinski definition) is 5. The number of amides is 1. The largest absolute Gasteiger partial charge is 0.467 e. The van der Waals surface area contributed by atoms with E-state index in [0.29, 0.717) is 37.7 Å². The molecule has 1 aliphatic rings. The van der Waals surface area contributed by atoms with Gasteiger partial charge in [-0.05, 0) is 31.2 Å². The molecular weight excluding hydrogens is 463 g/mol. The summed E-state index contributed by atoms with van der Waals surface area (Å²) < 4.78 is 10.4. The van der Waals surface area contributed by atoms with Crippen LogP contribution in [0.1, 0.15) is 29.3 Å². The molecular formula is C18H25IN4O4. The average molecular weight is 488 g/mol. The van der Waals surface area contributed by atoms with Crippen LogP contribution in [0.25, 0.3) is 0 Å². The van der Waals surface area contributed by atoms with Gasteiger partial charge in [-0.3, -0.25) is 4.79 Å². The molecule has 0 aliphatic carbocycles. The van der Waals surface area contributed by atoms with E-state index in [-0.39, 0.29) is 36.4 Å². The van der Waals surface area contributed by atoms with Crippen LogP contribution in [-0.2, 0) is 0 Å². The number of guanidine groups is 1. The third-order valence-corrected chi connectivity index (χ3v) is 4.22. The van der Waals surface area contributed by atoms with Crippen LogP contribution in [0, 0.1) is 0 Å². The first kappa shape index (κ1) is 21.3. The van der Waals surface area contributed by atoms with Crippen molar-refractivity contribution in [3.63, 3.8) is 0 Å². The Morgan fingerprint density at radius 1 is 1.19 bits per heavy atom. The summed E-state index contributed by atoms with van der Waals surface area (Å²) in [5.41, 5.74) is 0. The number of aliphatic imine (C=N–C) groups is 1. The summed E-state index contributed by atoms with van der Waals surface area (Å²) in [7, 11) is 0. The van der Waals surface area contributed by atoms with Gasteiger partial charge in [-0.2, -0.15) is 0 Å². The fourth-order valence-electron chi connectivity index (χ4n) is 2.85. The summed E-state index contributed by atoms with van der Waals surface area (Å²) in [6, 6.07) is 6.86. The number of nitrogens with zero attached hydrogens (tertiary/aromatic N) is 3. The van der Waals surface area contributed by atoms with Gasteiger partial charge in [0.25, 0.3) is 5.91 Å². The van der Waals surface area contributed by atoms with Crippen molar-refractivity contribution in [3.05, 3.63) is 48.3 Å². The van der Waals surface area contributed by atoms with Crippen LogP contribution in [0.15, 0.2) is 50.6 Å². The highest BCUT2D eigenvalue weighted by Crippen LogP contribution is 2.14. The molecule has 0 spiro atoms. The number of halogens is 1. The van der Waals surface area contributed by atoms with Crippen molar-refractivity contribution in [2.24, 2.45) is 4.99 Å². The Bertz CT molecular complexity index is 710. The minimum atomic E-state index is -0.777. The van der Waals surface area contributed by atoms with Gasteiger partial charge in [0.1, 0.15) is 11.9 Å². The number of furan rings is 2. The van der Waals surface area contributed by atoms with Gasteiger partial charge < -0.3 is 29.1 Å². The Kier molecular flexibility index (Phi) is 8.17. The molecule has 3 rings (SSSR count). The smallest absolute Gasteiger partial charge is 0.289 e. The lowest BCUT2D eigenvalue weighted by Crippen LogP contribution is -2.53. The predicted octanol–water partition coefficient (Wildman–Crippen LogP) is 1.95. The number of aliphatic hydroxyl groups excluding tert-OH is 1. The van der Waals surface area contributed by atoms with E-state index in [0.717, 1.165) is 12.5 Å². The zero-order chi connectivity index (χ0) is 18.4. The Morgan fingerprint density at radius 2 is 1.85 bits per heavy atom. The van der Waals surface area contributed by atoms with Crippen molar-refractivity contribution in [3.8, 4) is 0 Å². The lowest BCUT2D eigenvalue weighted by atomic mass is 10.2. The fourth-order valence-corrected chi connectivity index (χ4v) is 2.85. The van der Waals surface area contributed by atoms with E-state index in [9.17, 15) is 9.90 Å². The fraction of sp³-hybridized carbons (Fsp3) is 0.444. The molecule has 9 heteroatoms. The maximum Gasteiger partial charge on any atom is 0.289 e. The predicted molar refractivity (Wildman–Crippen MR) is 111 cm³/mol. The van der Waals surface area contributed by atoms with Gasteiger partial charge in [0.15, 0.2) is 11.7 Å². The lowest BCUT2D eigenvalue weighted by molar-refractivity contribution is 0.0657. The molecule has 148 valence electrons. The molecule has 3 heterocycles. The molecule has 1 aliphatic heterocycles. The highest BCUT2D eigenvalue weighted by atomic mass is 127. The van der Waals surface area contributed by atoms with Crippen molar-refractivity contribution in [1.29, 1.82) is 0 Å². The normalized spacial score (nSPS) is 16.0. The Hall–Kier alpha value is -2.01. The van der Waals surface area contributed by atoms with E-state index < -0.39 is 6.10 Å². The number of piperazine rings is 1. The van der Waals surface area contributed by atoms with Crippen LogP contribution in [0.4, 0.5) is 0 Å². The molecule has 0 saturated carbocycles. The van der Waals surface area contributed by atoms with Gasteiger partial charge in [0.2, 0.25) is 0 Å². The highest BCUT2D eigenvalue weighted by molar-refractivity contribution is 14.0. The van der Waals surface area contributed by atoms with E-state index in [1.807, 2.05) is 6.92 Å². The van der Waals surface area contributed by atoms with Crippen LogP contribution in [-0.4, -0.2) is 66.0 Å². The molecule has 0 radical (unpaired) electrons. The first-order valence-electron chi connectivity index (χ1n) is 8.76. The van der Waals surface area contributed by atoms with E-state index in [1.54, 1.807) is 29.2 Å². The number of carbonyl (C=O) groups is 1. The van der Waals surface area contributed by atoms with Gasteiger partial charge in [-0.1, -0.05) is 0 Å². The van der Waals surface area contributed by atoms with Gasteiger partial charge in [0, 0.05) is 32.7 Å². The molecule has 1 saturated heterocycles. The van der Waals surface area contributed by atoms with E-state index >= 15 is 0 Å². The van der Waals surface area contributed by atoms with Crippen LogP contribution in [0.3, 0.4) is 0 Å². The molecule has 2 aromatic heterocycles. The standard InChI is InChI=1S/C18H24N4O4.HI/c1-2-19-18(20-13-14(23)15-5-3-11-25-15)22-9-7-21(8-10-22)17(24)16-6-4-12-26-16;/h3-6,11-12,14,23H,2,7-10,13H2,1H3,(H,19,20);1H. The second kappa shape index (κ2) is 10.4. The second-order valence-corrected chi connectivity index (χ2v) is 5.98. The molecule has 2 aromatic rings. The van der Waals surface area contributed by atoms with Gasteiger partial charge in [-0.25, -0.2) is 4.99 Å². The van der Waals surface area contributed by atoms with Crippen molar-refractivity contribution in [2.75, 3.05) is 39.3 Å². The molecule has 1 unspecified atom stereocenters. The summed E-state index contributed by atoms with van der Waals surface area (Å²) >= 11 is 0. The quantitative estimate of drug-likeness (QED) is 0.380. The average Bonchev–Trinajstić information content (AvgIpc) is 3.38. The van der Waals surface area contributed by atoms with E-state index in [1.165, 1.54) is 12.5 Å². The topological polar surface area (TPSA) is 94.5 Å². The second-order valence-electron chi connectivity index (χ2n) is 5.98. The van der Waals surface area contributed by atoms with Crippen LogP contribution >= 0.6 is 24.0 Å². The number of rotatable bonds is 5. The molecule has 2 N–H and O–H groups in total. The number of aliphatic hydroxyl groups is 1. The molecule has 27 heavy (non-hydrogen) atoms. The van der Waals surface area contributed by atoms with Gasteiger partial charge in [0.05, 0.1) is 19.1 Å². The molecule has 1 atom stereocenters. The summed E-state index contributed by atoms with van der Waals surface area (Å²) in [6.45, 7) is 5.43. The van der Waals surface area contributed by atoms with Crippen LogP contribution in [0.5, 0.6) is 0 Å². The van der Waals surface area contributed by atoms with Crippen molar-refractivity contribution >= 4 is 35.8 Å².